The highest BCUT2D eigenvalue weighted by Crippen LogP contribution is 2.15. The molecule has 0 aliphatic carbocycles. The number of nitrogens with one attached hydrogen (secondary N) is 1. The van der Waals surface area contributed by atoms with Gasteiger partial charge >= 0.3 is 11.9 Å². The molecule has 0 bridgehead atoms. The van der Waals surface area contributed by atoms with Crippen molar-refractivity contribution in [3.8, 4) is 0 Å². The Morgan fingerprint density at radius 2 is 1.12 bits per heavy atom. The van der Waals surface area contributed by atoms with E-state index in [1.165, 1.54) is 83.5 Å². The van der Waals surface area contributed by atoms with Crippen LogP contribution in [0.5, 0.6) is 0 Å². The van der Waals surface area contributed by atoms with Gasteiger partial charge in [-0.3, -0.25) is 9.59 Å². The van der Waals surface area contributed by atoms with Gasteiger partial charge in [0.2, 0.25) is 5.91 Å². The maximum atomic E-state index is 12.7. The van der Waals surface area contributed by atoms with E-state index in [2.05, 4.69) is 55.6 Å². The van der Waals surface area contributed by atoms with Crippen molar-refractivity contribution in [2.45, 2.75) is 206 Å². The monoisotopic (exact) mass is 689 g/mol. The first-order chi connectivity index (χ1) is 23.9. The van der Waals surface area contributed by atoms with E-state index in [1.54, 1.807) is 0 Å². The van der Waals surface area contributed by atoms with Crippen molar-refractivity contribution in [3.05, 3.63) is 36.5 Å². The summed E-state index contributed by atoms with van der Waals surface area (Å²) >= 11 is 0. The first-order valence-electron chi connectivity index (χ1n) is 20.3. The maximum absolute atomic E-state index is 12.7. The van der Waals surface area contributed by atoms with E-state index in [-0.39, 0.29) is 18.0 Å². The molecule has 49 heavy (non-hydrogen) atoms. The highest BCUT2D eigenvalue weighted by Gasteiger charge is 2.18. The molecule has 0 aromatic rings. The van der Waals surface area contributed by atoms with Gasteiger partial charge in [0.05, 0.1) is 0 Å². The normalized spacial score (nSPS) is 13.0. The summed E-state index contributed by atoms with van der Waals surface area (Å²) in [6.45, 7) is 4.89. The minimum atomic E-state index is -1.01. The molecule has 7 heteroatoms. The number of rotatable bonds is 36. The van der Waals surface area contributed by atoms with Crippen LogP contribution in [0.25, 0.3) is 0 Å². The van der Waals surface area contributed by atoms with Crippen molar-refractivity contribution in [2.75, 3.05) is 6.54 Å². The third kappa shape index (κ3) is 33.8. The molecule has 0 aromatic carbocycles. The molecule has 0 aliphatic rings. The number of esters is 1. The Labute approximate surface area is 301 Å². The lowest BCUT2D eigenvalue weighted by Crippen LogP contribution is -2.40. The number of ether oxygens (including phenoxy) is 1. The first-order valence-corrected chi connectivity index (χ1v) is 20.3. The maximum Gasteiger partial charge on any atom is 0.326 e. The summed E-state index contributed by atoms with van der Waals surface area (Å²) in [6.07, 6.45) is 42.0. The Balaban J connectivity index is 4.30. The number of carboxylic acids is 1. The lowest BCUT2D eigenvalue weighted by Gasteiger charge is -2.15. The predicted molar refractivity (Wildman–Crippen MR) is 207 cm³/mol. The van der Waals surface area contributed by atoms with E-state index in [9.17, 15) is 19.5 Å². The van der Waals surface area contributed by atoms with E-state index in [0.29, 0.717) is 32.2 Å². The van der Waals surface area contributed by atoms with Crippen molar-refractivity contribution < 1.29 is 24.2 Å². The Bertz CT molecular complexity index is 869. The minimum Gasteiger partial charge on any atom is -0.480 e. The molecule has 1 amide bonds. The SMILES string of the molecule is CCCCC/C=C\C/C=C\C(CCCCCCCCC(=O)NC(CCCN)C(=O)O)OC(=O)CCCCCCC/C=C\CCCCCCC. The van der Waals surface area contributed by atoms with E-state index in [4.69, 9.17) is 10.5 Å². The molecule has 0 heterocycles. The summed E-state index contributed by atoms with van der Waals surface area (Å²) in [6, 6.07) is -0.856. The summed E-state index contributed by atoms with van der Waals surface area (Å²) in [5.74, 6) is -1.30. The van der Waals surface area contributed by atoms with Gasteiger partial charge in [0.15, 0.2) is 0 Å². The number of carboxylic acid groups (broad SMARTS) is 1. The van der Waals surface area contributed by atoms with Crippen LogP contribution in [0.1, 0.15) is 194 Å². The summed E-state index contributed by atoms with van der Waals surface area (Å²) in [7, 11) is 0. The number of unbranched alkanes of at least 4 members (excludes halogenated alkanes) is 18. The molecule has 284 valence electrons. The fourth-order valence-electron chi connectivity index (χ4n) is 5.80. The topological polar surface area (TPSA) is 119 Å². The van der Waals surface area contributed by atoms with Crippen LogP contribution in [0.15, 0.2) is 36.5 Å². The van der Waals surface area contributed by atoms with Crippen molar-refractivity contribution in [1.82, 2.24) is 5.32 Å². The molecule has 0 rings (SSSR count). The average Bonchev–Trinajstić information content (AvgIpc) is 3.08. The second kappa shape index (κ2) is 36.9. The van der Waals surface area contributed by atoms with E-state index < -0.39 is 12.0 Å². The van der Waals surface area contributed by atoms with Gasteiger partial charge in [-0.15, -0.1) is 0 Å². The summed E-state index contributed by atoms with van der Waals surface area (Å²) in [5.41, 5.74) is 5.47. The van der Waals surface area contributed by atoms with Crippen LogP contribution in [0.3, 0.4) is 0 Å². The van der Waals surface area contributed by atoms with Crippen LogP contribution in [0.4, 0.5) is 0 Å². The van der Waals surface area contributed by atoms with E-state index in [0.717, 1.165) is 70.6 Å². The lowest BCUT2D eigenvalue weighted by molar-refractivity contribution is -0.147. The molecule has 0 aromatic heterocycles. The molecular formula is C42H76N2O5. The van der Waals surface area contributed by atoms with Gasteiger partial charge in [-0.05, 0) is 96.1 Å². The fraction of sp³-hybridized carbons (Fsp3) is 0.786. The zero-order chi connectivity index (χ0) is 36.0. The number of carbonyl (C=O) groups excluding carboxylic acids is 2. The highest BCUT2D eigenvalue weighted by atomic mass is 16.5. The Kier molecular flexibility index (Phi) is 35.0. The number of nitrogens with two attached hydrogens (primary N) is 1. The number of aliphatic carboxylic acids is 1. The largest absolute Gasteiger partial charge is 0.480 e. The summed E-state index contributed by atoms with van der Waals surface area (Å²) < 4.78 is 5.92. The standard InChI is InChI=1S/C42H76N2O5/c1-3-5-7-9-11-13-14-15-16-17-18-20-26-30-36-41(46)49-38(32-27-23-19-12-10-8-6-4-2)33-28-24-21-22-25-29-35-40(45)44-39(42(47)48)34-31-37-43/h12,14-15,19,27,32,38-39H,3-11,13,16-18,20-26,28-31,33-37,43H2,1-2H3,(H,44,45)(H,47,48)/b15-14-,19-12-,32-27-. The second-order valence-corrected chi connectivity index (χ2v) is 13.7. The van der Waals surface area contributed by atoms with E-state index in [1.807, 2.05) is 0 Å². The zero-order valence-corrected chi connectivity index (χ0v) is 31.8. The van der Waals surface area contributed by atoms with E-state index >= 15 is 0 Å². The molecule has 4 N–H and O–H groups in total. The molecule has 2 unspecified atom stereocenters. The molecule has 7 nitrogen and oxygen atoms in total. The molecule has 0 radical (unpaired) electrons. The fourth-order valence-corrected chi connectivity index (χ4v) is 5.80. The third-order valence-electron chi connectivity index (χ3n) is 8.91. The van der Waals surface area contributed by atoms with Crippen molar-refractivity contribution in [1.29, 1.82) is 0 Å². The molecule has 0 aliphatic heterocycles. The van der Waals surface area contributed by atoms with Crippen molar-refractivity contribution in [3.63, 3.8) is 0 Å². The Morgan fingerprint density at radius 3 is 1.73 bits per heavy atom. The lowest BCUT2D eigenvalue weighted by atomic mass is 10.0. The van der Waals surface area contributed by atoms with Crippen LogP contribution < -0.4 is 11.1 Å². The number of carbonyl (C=O) groups is 3. The molecule has 0 saturated carbocycles. The van der Waals surface area contributed by atoms with Gasteiger partial charge in [0.25, 0.3) is 0 Å². The first kappa shape index (κ1) is 46.6. The second-order valence-electron chi connectivity index (χ2n) is 13.7. The quantitative estimate of drug-likeness (QED) is 0.0342. The van der Waals surface area contributed by atoms with Crippen LogP contribution >= 0.6 is 0 Å². The van der Waals surface area contributed by atoms with Crippen molar-refractivity contribution in [2.24, 2.45) is 5.73 Å². The number of hydrogen-bond acceptors (Lipinski definition) is 5. The summed E-state index contributed by atoms with van der Waals surface area (Å²) in [5, 5.41) is 11.9. The van der Waals surface area contributed by atoms with Crippen LogP contribution in [-0.4, -0.2) is 41.6 Å². The van der Waals surface area contributed by atoms with Gasteiger partial charge in [-0.25, -0.2) is 4.79 Å². The van der Waals surface area contributed by atoms with Gasteiger partial charge in [0, 0.05) is 12.8 Å². The average molecular weight is 689 g/mol. The number of hydrogen-bond donors (Lipinski definition) is 3. The van der Waals surface area contributed by atoms with Crippen LogP contribution in [0, 0.1) is 0 Å². The minimum absolute atomic E-state index is 0.0851. The smallest absolute Gasteiger partial charge is 0.326 e. The molecule has 0 saturated heterocycles. The van der Waals surface area contributed by atoms with Gasteiger partial charge in [-0.2, -0.15) is 0 Å². The van der Waals surface area contributed by atoms with Crippen LogP contribution in [0.2, 0.25) is 0 Å². The highest BCUT2D eigenvalue weighted by molar-refractivity contribution is 5.83. The molecular weight excluding hydrogens is 612 g/mol. The van der Waals surface area contributed by atoms with Crippen LogP contribution in [-0.2, 0) is 19.1 Å². The molecule has 0 fully saturated rings. The Hall–Kier alpha value is -2.41. The molecule has 2 atom stereocenters. The van der Waals surface area contributed by atoms with Gasteiger partial charge < -0.3 is 20.9 Å². The van der Waals surface area contributed by atoms with Crippen molar-refractivity contribution >= 4 is 17.8 Å². The number of allylic oxidation sites excluding steroid dienone is 5. The molecule has 0 spiro atoms. The van der Waals surface area contributed by atoms with Gasteiger partial charge in [0.1, 0.15) is 12.1 Å². The zero-order valence-electron chi connectivity index (χ0n) is 31.8. The summed E-state index contributed by atoms with van der Waals surface area (Å²) in [4.78, 5) is 36.1. The third-order valence-corrected chi connectivity index (χ3v) is 8.91. The Morgan fingerprint density at radius 1 is 0.612 bits per heavy atom. The van der Waals surface area contributed by atoms with Gasteiger partial charge in [-0.1, -0.05) is 128 Å². The number of amides is 1. The predicted octanol–water partition coefficient (Wildman–Crippen LogP) is 11.1.